The molecule has 0 radical (unpaired) electrons. The van der Waals surface area contributed by atoms with E-state index in [1.807, 2.05) is 12.4 Å². The predicted octanol–water partition coefficient (Wildman–Crippen LogP) is 2.86. The molecule has 0 amide bonds. The molecule has 6 heteroatoms. The fourth-order valence-electron chi connectivity index (χ4n) is 3.67. The molecule has 2 aliphatic rings. The predicted molar refractivity (Wildman–Crippen MR) is 114 cm³/mol. The van der Waals surface area contributed by atoms with E-state index in [2.05, 4.69) is 67.4 Å². The molecule has 2 saturated heterocycles. The third-order valence-corrected chi connectivity index (χ3v) is 5.89. The first kappa shape index (κ1) is 20.6. The molecule has 2 aliphatic heterocycles. The molecule has 2 fully saturated rings. The standard InChI is InChI=1S/C21H31BrN4O/c1-18(2)25-12-10-24(11-13-25)7-3-4-14-27-21-5-8-26(9-6-21)20-15-19(22)16-23-17-20/h15-18,21H,5-14H2,1-2H3. The molecule has 0 bridgehead atoms. The lowest BCUT2D eigenvalue weighted by Crippen LogP contribution is -2.48. The Morgan fingerprint density at radius 2 is 1.85 bits per heavy atom. The second-order valence-corrected chi connectivity index (χ2v) is 8.53. The molecule has 1 aromatic rings. The maximum atomic E-state index is 5.98. The molecule has 0 spiro atoms. The van der Waals surface area contributed by atoms with Crippen molar-refractivity contribution in [3.63, 3.8) is 0 Å². The molecule has 0 saturated carbocycles. The zero-order valence-corrected chi connectivity index (χ0v) is 18.1. The third-order valence-electron chi connectivity index (χ3n) is 5.45. The summed E-state index contributed by atoms with van der Waals surface area (Å²) in [5, 5.41) is 0. The summed E-state index contributed by atoms with van der Waals surface area (Å²) in [7, 11) is 0. The summed E-state index contributed by atoms with van der Waals surface area (Å²) >= 11 is 3.49. The fourth-order valence-corrected chi connectivity index (χ4v) is 4.02. The lowest BCUT2D eigenvalue weighted by Gasteiger charge is -2.36. The minimum atomic E-state index is 0.324. The Morgan fingerprint density at radius 1 is 1.11 bits per heavy atom. The first-order valence-corrected chi connectivity index (χ1v) is 10.8. The second kappa shape index (κ2) is 10.4. The second-order valence-electron chi connectivity index (χ2n) is 7.62. The highest BCUT2D eigenvalue weighted by atomic mass is 79.9. The van der Waals surface area contributed by atoms with Crippen LogP contribution in [-0.4, -0.2) is 79.3 Å². The van der Waals surface area contributed by atoms with Crippen molar-refractivity contribution in [1.29, 1.82) is 0 Å². The molecule has 27 heavy (non-hydrogen) atoms. The van der Waals surface area contributed by atoms with Crippen LogP contribution in [0.4, 0.5) is 5.69 Å². The van der Waals surface area contributed by atoms with Crippen LogP contribution in [0, 0.1) is 11.8 Å². The lowest BCUT2D eigenvalue weighted by atomic mass is 10.1. The highest BCUT2D eigenvalue weighted by Gasteiger charge is 2.20. The van der Waals surface area contributed by atoms with Crippen LogP contribution in [0.2, 0.25) is 0 Å². The Morgan fingerprint density at radius 3 is 2.52 bits per heavy atom. The summed E-state index contributed by atoms with van der Waals surface area (Å²) in [6, 6.07) is 2.78. The van der Waals surface area contributed by atoms with Crippen LogP contribution < -0.4 is 4.90 Å². The van der Waals surface area contributed by atoms with Crippen LogP contribution in [-0.2, 0) is 4.74 Å². The van der Waals surface area contributed by atoms with E-state index in [0.717, 1.165) is 63.1 Å². The number of aromatic nitrogens is 1. The molecule has 0 aromatic carbocycles. The number of hydrogen-bond donors (Lipinski definition) is 0. The van der Waals surface area contributed by atoms with Gasteiger partial charge in [0, 0.05) is 56.0 Å². The SMILES string of the molecule is CC(C)N1CCN(CC#CCOC2CCN(c3cncc(Br)c3)CC2)CC1. The van der Waals surface area contributed by atoms with Crippen LogP contribution in [0.5, 0.6) is 0 Å². The van der Waals surface area contributed by atoms with E-state index in [-0.39, 0.29) is 0 Å². The van der Waals surface area contributed by atoms with Crippen LogP contribution in [0.15, 0.2) is 22.9 Å². The van der Waals surface area contributed by atoms with E-state index in [1.54, 1.807) is 0 Å². The van der Waals surface area contributed by atoms with Crippen LogP contribution in [0.25, 0.3) is 0 Å². The van der Waals surface area contributed by atoms with Gasteiger partial charge in [0.15, 0.2) is 0 Å². The smallest absolute Gasteiger partial charge is 0.108 e. The average Bonchev–Trinajstić information content (AvgIpc) is 2.68. The largest absolute Gasteiger partial charge is 0.370 e. The topological polar surface area (TPSA) is 31.8 Å². The molecule has 148 valence electrons. The summed E-state index contributed by atoms with van der Waals surface area (Å²) in [6.45, 7) is 12.5. The first-order chi connectivity index (χ1) is 13.1. The van der Waals surface area contributed by atoms with Crippen molar-refractivity contribution in [2.75, 3.05) is 57.3 Å². The number of halogens is 1. The van der Waals surface area contributed by atoms with Crippen LogP contribution in [0.1, 0.15) is 26.7 Å². The quantitative estimate of drug-likeness (QED) is 0.665. The van der Waals surface area contributed by atoms with Gasteiger partial charge in [-0.15, -0.1) is 0 Å². The minimum absolute atomic E-state index is 0.324. The van der Waals surface area contributed by atoms with E-state index in [4.69, 9.17) is 4.74 Å². The summed E-state index contributed by atoms with van der Waals surface area (Å²) in [5.41, 5.74) is 1.18. The van der Waals surface area contributed by atoms with E-state index in [0.29, 0.717) is 18.8 Å². The molecular weight excluding hydrogens is 404 g/mol. The van der Waals surface area contributed by atoms with Gasteiger partial charge >= 0.3 is 0 Å². The Bertz CT molecular complexity index is 641. The summed E-state index contributed by atoms with van der Waals surface area (Å²) in [5.74, 6) is 6.50. The molecule has 3 rings (SSSR count). The monoisotopic (exact) mass is 434 g/mol. The fraction of sp³-hybridized carbons (Fsp3) is 0.667. The van der Waals surface area contributed by atoms with Crippen LogP contribution in [0.3, 0.4) is 0 Å². The highest BCUT2D eigenvalue weighted by Crippen LogP contribution is 2.23. The zero-order valence-electron chi connectivity index (χ0n) is 16.5. The van der Waals surface area contributed by atoms with Crippen molar-refractivity contribution >= 4 is 21.6 Å². The Labute approximate surface area is 172 Å². The molecule has 3 heterocycles. The Balaban J connectivity index is 1.30. The molecule has 0 aliphatic carbocycles. The van der Waals surface area contributed by atoms with Gasteiger partial charge in [-0.2, -0.15) is 0 Å². The van der Waals surface area contributed by atoms with Crippen LogP contribution >= 0.6 is 15.9 Å². The number of piperidine rings is 1. The van der Waals surface area contributed by atoms with E-state index >= 15 is 0 Å². The number of rotatable bonds is 5. The molecule has 0 atom stereocenters. The highest BCUT2D eigenvalue weighted by molar-refractivity contribution is 9.10. The van der Waals surface area contributed by atoms with Gasteiger partial charge in [0.1, 0.15) is 6.61 Å². The van der Waals surface area contributed by atoms with Crippen molar-refractivity contribution < 1.29 is 4.74 Å². The maximum absolute atomic E-state index is 5.98. The van der Waals surface area contributed by atoms with Crippen molar-refractivity contribution in [2.24, 2.45) is 0 Å². The van der Waals surface area contributed by atoms with E-state index < -0.39 is 0 Å². The lowest BCUT2D eigenvalue weighted by molar-refractivity contribution is 0.0594. The normalized spacial score (nSPS) is 19.9. The molecular formula is C21H31BrN4O. The molecule has 0 N–H and O–H groups in total. The van der Waals surface area contributed by atoms with Crippen molar-refractivity contribution in [2.45, 2.75) is 38.8 Å². The molecule has 0 unspecified atom stereocenters. The van der Waals surface area contributed by atoms with Crippen molar-refractivity contribution in [1.82, 2.24) is 14.8 Å². The number of ether oxygens (including phenoxy) is 1. The van der Waals surface area contributed by atoms with Gasteiger partial charge in [-0.25, -0.2) is 0 Å². The number of piperazine rings is 1. The van der Waals surface area contributed by atoms with Gasteiger partial charge in [-0.1, -0.05) is 11.8 Å². The van der Waals surface area contributed by atoms with Gasteiger partial charge in [-0.05, 0) is 48.7 Å². The number of hydrogen-bond acceptors (Lipinski definition) is 5. The van der Waals surface area contributed by atoms with Gasteiger partial charge in [0.25, 0.3) is 0 Å². The van der Waals surface area contributed by atoms with Crippen molar-refractivity contribution in [3.8, 4) is 11.8 Å². The summed E-state index contributed by atoms with van der Waals surface area (Å²) in [4.78, 5) is 11.6. The van der Waals surface area contributed by atoms with Crippen molar-refractivity contribution in [3.05, 3.63) is 22.9 Å². The Hall–Kier alpha value is -1.13. The van der Waals surface area contributed by atoms with Gasteiger partial charge in [-0.3, -0.25) is 14.8 Å². The van der Waals surface area contributed by atoms with Gasteiger partial charge in [0.05, 0.1) is 24.5 Å². The average molecular weight is 435 g/mol. The molecule has 1 aromatic heterocycles. The maximum Gasteiger partial charge on any atom is 0.108 e. The number of anilines is 1. The van der Waals surface area contributed by atoms with Gasteiger partial charge < -0.3 is 9.64 Å². The van der Waals surface area contributed by atoms with Gasteiger partial charge in [0.2, 0.25) is 0 Å². The number of nitrogens with zero attached hydrogens (tertiary/aromatic N) is 4. The first-order valence-electron chi connectivity index (χ1n) is 10.0. The van der Waals surface area contributed by atoms with E-state index in [9.17, 15) is 0 Å². The third kappa shape index (κ3) is 6.46. The van der Waals surface area contributed by atoms with E-state index in [1.165, 1.54) is 5.69 Å². The minimum Gasteiger partial charge on any atom is -0.370 e. The Kier molecular flexibility index (Phi) is 7.95. The summed E-state index contributed by atoms with van der Waals surface area (Å²) in [6.07, 6.45) is 6.17. The molecule has 5 nitrogen and oxygen atoms in total. The zero-order chi connectivity index (χ0) is 19.1. The number of pyridine rings is 1. The summed E-state index contributed by atoms with van der Waals surface area (Å²) < 4.78 is 7.00.